The van der Waals surface area contributed by atoms with Gasteiger partial charge in [0.25, 0.3) is 5.91 Å². The first-order valence-electron chi connectivity index (χ1n) is 9.90. The Balaban J connectivity index is 1.54. The Morgan fingerprint density at radius 1 is 1.10 bits per heavy atom. The fourth-order valence-corrected chi connectivity index (χ4v) is 3.55. The van der Waals surface area contributed by atoms with Gasteiger partial charge >= 0.3 is 5.97 Å². The lowest BCUT2D eigenvalue weighted by Crippen LogP contribution is -2.26. The molecule has 3 aromatic rings. The zero-order valence-electron chi connectivity index (χ0n) is 17.6. The number of hydrazone groups is 1. The minimum Gasteiger partial charge on any atom is -0.462 e. The van der Waals surface area contributed by atoms with E-state index in [1.165, 1.54) is 23.5 Å². The number of thioether (sulfide) groups is 1. The first kappa shape index (κ1) is 22.4. The standard InChI is InChI=1S/C24H24N2O4S/c1-4-29-24(28)19-9-7-18(8-10-19)22-14-11-20(30-22)15-25-26-23(27)17(3)31-21-12-5-16(2)6-13-21/h5-15,17H,4H2,1-3H3,(H,26,27)/b25-15-/t17-/m1/s1. The van der Waals surface area contributed by atoms with Gasteiger partial charge in [0.1, 0.15) is 11.5 Å². The Bertz CT molecular complexity index is 1060. The van der Waals surface area contributed by atoms with E-state index >= 15 is 0 Å². The second-order valence-corrected chi connectivity index (χ2v) is 8.22. The number of nitrogens with one attached hydrogen (secondary N) is 1. The molecule has 0 spiro atoms. The Hall–Kier alpha value is -3.32. The highest BCUT2D eigenvalue weighted by molar-refractivity contribution is 8.00. The molecule has 0 unspecified atom stereocenters. The average molecular weight is 437 g/mol. The van der Waals surface area contributed by atoms with E-state index in [1.54, 1.807) is 43.3 Å². The highest BCUT2D eigenvalue weighted by Crippen LogP contribution is 2.24. The van der Waals surface area contributed by atoms with Gasteiger partial charge in [-0.1, -0.05) is 29.8 Å². The van der Waals surface area contributed by atoms with Crippen molar-refractivity contribution in [1.29, 1.82) is 0 Å². The first-order chi connectivity index (χ1) is 15.0. The predicted octanol–water partition coefficient (Wildman–Crippen LogP) is 5.06. The number of furan rings is 1. The molecule has 0 aliphatic heterocycles. The lowest BCUT2D eigenvalue weighted by molar-refractivity contribution is -0.120. The molecular formula is C24H24N2O4S. The van der Waals surface area contributed by atoms with E-state index in [1.807, 2.05) is 38.1 Å². The maximum Gasteiger partial charge on any atom is 0.338 e. The van der Waals surface area contributed by atoms with Crippen molar-refractivity contribution in [3.05, 3.63) is 77.6 Å². The summed E-state index contributed by atoms with van der Waals surface area (Å²) in [5.74, 6) is 0.588. The fraction of sp³-hybridized carbons (Fsp3) is 0.208. The van der Waals surface area contributed by atoms with Crippen molar-refractivity contribution in [2.75, 3.05) is 6.61 Å². The van der Waals surface area contributed by atoms with Gasteiger partial charge in [-0.3, -0.25) is 4.79 Å². The molecule has 7 heteroatoms. The minimum atomic E-state index is -0.355. The van der Waals surface area contributed by atoms with Gasteiger partial charge in [-0.15, -0.1) is 11.8 Å². The quantitative estimate of drug-likeness (QED) is 0.231. The van der Waals surface area contributed by atoms with Gasteiger partial charge in [0.15, 0.2) is 0 Å². The van der Waals surface area contributed by atoms with Crippen molar-refractivity contribution in [3.63, 3.8) is 0 Å². The molecule has 0 bridgehead atoms. The third kappa shape index (κ3) is 6.33. The van der Waals surface area contributed by atoms with E-state index in [0.717, 1.165) is 10.5 Å². The van der Waals surface area contributed by atoms with Crippen molar-refractivity contribution in [3.8, 4) is 11.3 Å². The molecule has 0 aliphatic carbocycles. The first-order valence-corrected chi connectivity index (χ1v) is 10.8. The maximum atomic E-state index is 12.3. The number of esters is 1. The minimum absolute atomic E-state index is 0.192. The van der Waals surface area contributed by atoms with Gasteiger partial charge in [-0.25, -0.2) is 10.2 Å². The lowest BCUT2D eigenvalue weighted by Gasteiger charge is -2.09. The SMILES string of the molecule is CCOC(=O)c1ccc(-c2ccc(/C=N\NC(=O)[C@@H](C)Sc3ccc(C)cc3)o2)cc1. The van der Waals surface area contributed by atoms with Crippen LogP contribution in [0.15, 0.2) is 75.1 Å². The fourth-order valence-electron chi connectivity index (χ4n) is 2.69. The van der Waals surface area contributed by atoms with E-state index in [-0.39, 0.29) is 17.1 Å². The van der Waals surface area contributed by atoms with E-state index in [2.05, 4.69) is 10.5 Å². The van der Waals surface area contributed by atoms with Crippen LogP contribution in [0.1, 0.15) is 35.5 Å². The van der Waals surface area contributed by atoms with Crippen LogP contribution in [0.4, 0.5) is 0 Å². The summed E-state index contributed by atoms with van der Waals surface area (Å²) in [6.45, 7) is 5.96. The zero-order valence-corrected chi connectivity index (χ0v) is 18.4. The van der Waals surface area contributed by atoms with E-state index in [9.17, 15) is 9.59 Å². The third-order valence-electron chi connectivity index (χ3n) is 4.38. The summed E-state index contributed by atoms with van der Waals surface area (Å²) in [5.41, 5.74) is 5.03. The van der Waals surface area contributed by atoms with Crippen molar-refractivity contribution in [2.24, 2.45) is 5.10 Å². The number of rotatable bonds is 8. The summed E-state index contributed by atoms with van der Waals surface area (Å²) in [4.78, 5) is 25.0. The summed E-state index contributed by atoms with van der Waals surface area (Å²) in [6, 6.07) is 18.6. The van der Waals surface area contributed by atoms with Crippen LogP contribution in [0.3, 0.4) is 0 Å². The number of carbonyl (C=O) groups is 2. The van der Waals surface area contributed by atoms with Crippen molar-refractivity contribution >= 4 is 29.9 Å². The van der Waals surface area contributed by atoms with Gasteiger partial charge in [0.05, 0.1) is 23.6 Å². The predicted molar refractivity (Wildman–Crippen MR) is 122 cm³/mol. The van der Waals surface area contributed by atoms with Crippen LogP contribution in [0.5, 0.6) is 0 Å². The topological polar surface area (TPSA) is 80.9 Å². The number of carbonyl (C=O) groups excluding carboxylic acids is 2. The molecular weight excluding hydrogens is 412 g/mol. The second-order valence-electron chi connectivity index (χ2n) is 6.81. The molecule has 0 saturated carbocycles. The van der Waals surface area contributed by atoms with Gasteiger partial charge in [-0.05, 0) is 57.2 Å². The summed E-state index contributed by atoms with van der Waals surface area (Å²) in [7, 11) is 0. The van der Waals surface area contributed by atoms with Crippen LogP contribution < -0.4 is 5.43 Å². The lowest BCUT2D eigenvalue weighted by atomic mass is 10.1. The van der Waals surface area contributed by atoms with Gasteiger partial charge < -0.3 is 9.15 Å². The summed E-state index contributed by atoms with van der Waals surface area (Å²) in [5, 5.41) is 3.70. The van der Waals surface area contributed by atoms with Crippen LogP contribution in [0.25, 0.3) is 11.3 Å². The van der Waals surface area contributed by atoms with E-state index < -0.39 is 0 Å². The van der Waals surface area contributed by atoms with Crippen LogP contribution >= 0.6 is 11.8 Å². The Labute approximate surface area is 185 Å². The molecule has 2 aromatic carbocycles. The number of hydrogen-bond donors (Lipinski definition) is 1. The molecule has 1 aromatic heterocycles. The number of hydrogen-bond acceptors (Lipinski definition) is 6. The molecule has 3 rings (SSSR count). The Morgan fingerprint density at radius 2 is 1.81 bits per heavy atom. The number of nitrogens with zero attached hydrogens (tertiary/aromatic N) is 1. The van der Waals surface area contributed by atoms with Crippen LogP contribution in [-0.4, -0.2) is 29.9 Å². The van der Waals surface area contributed by atoms with Crippen LogP contribution in [0.2, 0.25) is 0 Å². The van der Waals surface area contributed by atoms with Crippen LogP contribution in [0, 0.1) is 6.92 Å². The second kappa shape index (κ2) is 10.6. The normalized spacial score (nSPS) is 12.0. The molecule has 0 radical (unpaired) electrons. The third-order valence-corrected chi connectivity index (χ3v) is 5.49. The van der Waals surface area contributed by atoms with Gasteiger partial charge in [-0.2, -0.15) is 5.10 Å². The highest BCUT2D eigenvalue weighted by Gasteiger charge is 2.14. The van der Waals surface area contributed by atoms with E-state index in [0.29, 0.717) is 23.7 Å². The summed E-state index contributed by atoms with van der Waals surface area (Å²) in [6.07, 6.45) is 1.46. The summed E-state index contributed by atoms with van der Waals surface area (Å²) >= 11 is 1.47. The molecule has 0 saturated heterocycles. The van der Waals surface area contributed by atoms with Crippen molar-refractivity contribution in [1.82, 2.24) is 5.43 Å². The van der Waals surface area contributed by atoms with Gasteiger partial charge in [0, 0.05) is 10.5 Å². The largest absolute Gasteiger partial charge is 0.462 e. The molecule has 1 N–H and O–H groups in total. The molecule has 0 fully saturated rings. The number of ether oxygens (including phenoxy) is 1. The maximum absolute atomic E-state index is 12.3. The van der Waals surface area contributed by atoms with Gasteiger partial charge in [0.2, 0.25) is 0 Å². The number of benzene rings is 2. The molecule has 1 amide bonds. The van der Waals surface area contributed by atoms with Crippen LogP contribution in [-0.2, 0) is 9.53 Å². The molecule has 1 atom stereocenters. The average Bonchev–Trinajstić information content (AvgIpc) is 3.24. The van der Waals surface area contributed by atoms with Crippen molar-refractivity contribution < 1.29 is 18.7 Å². The molecule has 6 nitrogen and oxygen atoms in total. The number of aryl methyl sites for hydroxylation is 1. The molecule has 1 heterocycles. The zero-order chi connectivity index (χ0) is 22.2. The smallest absolute Gasteiger partial charge is 0.338 e. The Morgan fingerprint density at radius 3 is 2.48 bits per heavy atom. The monoisotopic (exact) mass is 436 g/mol. The molecule has 160 valence electrons. The van der Waals surface area contributed by atoms with E-state index in [4.69, 9.17) is 9.15 Å². The van der Waals surface area contributed by atoms with Crippen molar-refractivity contribution in [2.45, 2.75) is 30.9 Å². The summed E-state index contributed by atoms with van der Waals surface area (Å²) < 4.78 is 10.7. The molecule has 0 aliphatic rings. The number of amides is 1. The Kier molecular flexibility index (Phi) is 7.67. The highest BCUT2D eigenvalue weighted by atomic mass is 32.2. The molecule has 31 heavy (non-hydrogen) atoms.